The monoisotopic (exact) mass is 353 g/mol. The van der Waals surface area contributed by atoms with Crippen LogP contribution >= 0.6 is 0 Å². The third-order valence-corrected chi connectivity index (χ3v) is 7.10. The van der Waals surface area contributed by atoms with Crippen molar-refractivity contribution >= 4 is 11.4 Å². The lowest BCUT2D eigenvalue weighted by molar-refractivity contribution is -0.172. The first-order chi connectivity index (χ1) is 12.4. The molecule has 2 aromatic rings. The van der Waals surface area contributed by atoms with Crippen LogP contribution in [0.1, 0.15) is 51.1 Å². The van der Waals surface area contributed by atoms with E-state index in [1.807, 2.05) is 24.1 Å². The van der Waals surface area contributed by atoms with Crippen LogP contribution in [0.25, 0.3) is 5.52 Å². The Kier molecular flexibility index (Phi) is 3.34. The number of aromatic nitrogens is 2. The van der Waals surface area contributed by atoms with Crippen LogP contribution in [-0.2, 0) is 4.79 Å². The van der Waals surface area contributed by atoms with Crippen LogP contribution in [0, 0.1) is 17.3 Å². The zero-order valence-electron chi connectivity index (χ0n) is 15.6. The Balaban J connectivity index is 1.18. The fourth-order valence-corrected chi connectivity index (χ4v) is 5.58. The van der Waals surface area contributed by atoms with Crippen molar-refractivity contribution in [3.8, 4) is 0 Å². The summed E-state index contributed by atoms with van der Waals surface area (Å²) in [6.45, 7) is 5.97. The Bertz CT molecular complexity index is 849. The number of carbonyl (C=O) groups is 1. The van der Waals surface area contributed by atoms with Gasteiger partial charge in [0.05, 0.1) is 11.1 Å². The molecule has 2 saturated carbocycles. The van der Waals surface area contributed by atoms with E-state index in [0.29, 0.717) is 30.1 Å². The Morgan fingerprint density at radius 1 is 1.23 bits per heavy atom. The highest BCUT2D eigenvalue weighted by Gasteiger charge is 2.56. The molecule has 0 bridgehead atoms. The van der Waals surface area contributed by atoms with Crippen LogP contribution in [0.2, 0.25) is 0 Å². The largest absolute Gasteiger partial charge is 0.390 e. The van der Waals surface area contributed by atoms with E-state index in [1.54, 1.807) is 0 Å². The highest BCUT2D eigenvalue weighted by atomic mass is 16.3. The molecular formula is C21H27N3O2. The van der Waals surface area contributed by atoms with E-state index in [-0.39, 0.29) is 11.8 Å². The Morgan fingerprint density at radius 2 is 1.96 bits per heavy atom. The highest BCUT2D eigenvalue weighted by Crippen LogP contribution is 2.56. The van der Waals surface area contributed by atoms with Crippen molar-refractivity contribution in [3.05, 3.63) is 36.2 Å². The highest BCUT2D eigenvalue weighted by molar-refractivity contribution is 5.81. The summed E-state index contributed by atoms with van der Waals surface area (Å²) in [6.07, 6.45) is 5.53. The van der Waals surface area contributed by atoms with Crippen LogP contribution in [-0.4, -0.2) is 44.2 Å². The van der Waals surface area contributed by atoms with Crippen molar-refractivity contribution < 1.29 is 9.90 Å². The van der Waals surface area contributed by atoms with Gasteiger partial charge in [-0.05, 0) is 56.7 Å². The Hall–Kier alpha value is -1.88. The van der Waals surface area contributed by atoms with Crippen molar-refractivity contribution in [1.82, 2.24) is 14.5 Å². The van der Waals surface area contributed by atoms with Crippen LogP contribution < -0.4 is 0 Å². The van der Waals surface area contributed by atoms with Crippen molar-refractivity contribution in [2.24, 2.45) is 17.3 Å². The summed E-state index contributed by atoms with van der Waals surface area (Å²) in [6, 6.07) is 8.45. The van der Waals surface area contributed by atoms with Gasteiger partial charge in [-0.3, -0.25) is 4.79 Å². The van der Waals surface area contributed by atoms with Gasteiger partial charge in [0.15, 0.2) is 0 Å². The zero-order valence-corrected chi connectivity index (χ0v) is 15.6. The van der Waals surface area contributed by atoms with E-state index in [4.69, 9.17) is 0 Å². The molecule has 5 rings (SSSR count). The molecule has 1 atom stereocenters. The molecule has 3 aliphatic rings. The van der Waals surface area contributed by atoms with Crippen molar-refractivity contribution in [2.45, 2.75) is 51.0 Å². The van der Waals surface area contributed by atoms with E-state index in [0.717, 1.165) is 18.6 Å². The molecule has 3 heterocycles. The summed E-state index contributed by atoms with van der Waals surface area (Å²) in [5.41, 5.74) is 2.18. The molecule has 1 N–H and O–H groups in total. The number of hydrogen-bond acceptors (Lipinski definition) is 3. The number of fused-ring (bicyclic) bond motifs is 1. The number of pyridine rings is 1. The van der Waals surface area contributed by atoms with Crippen molar-refractivity contribution in [1.29, 1.82) is 0 Å². The maximum Gasteiger partial charge on any atom is 0.225 e. The summed E-state index contributed by atoms with van der Waals surface area (Å²) < 4.78 is 2.06. The lowest BCUT2D eigenvalue weighted by atomic mass is 9.54. The minimum atomic E-state index is -0.618. The lowest BCUT2D eigenvalue weighted by Crippen LogP contribution is -2.66. The molecule has 0 radical (unpaired) electrons. The number of rotatable bonds is 3. The van der Waals surface area contributed by atoms with Gasteiger partial charge in [-0.25, -0.2) is 4.52 Å². The number of amides is 1. The minimum Gasteiger partial charge on any atom is -0.390 e. The molecule has 1 amide bonds. The first-order valence-electron chi connectivity index (χ1n) is 9.80. The SMILES string of the molecule is CC(c1cccc2ccnn12)C1CC2(C1)CN(C(=O)[C@H]1C[C@@](C)(O)C1)C2. The molecule has 1 aliphatic heterocycles. The fourth-order valence-electron chi connectivity index (χ4n) is 5.58. The quantitative estimate of drug-likeness (QED) is 0.923. The molecular weight excluding hydrogens is 326 g/mol. The summed E-state index contributed by atoms with van der Waals surface area (Å²) in [7, 11) is 0. The Labute approximate surface area is 154 Å². The van der Waals surface area contributed by atoms with E-state index >= 15 is 0 Å². The maximum atomic E-state index is 12.5. The van der Waals surface area contributed by atoms with E-state index in [1.165, 1.54) is 18.5 Å². The van der Waals surface area contributed by atoms with Gasteiger partial charge in [0.2, 0.25) is 5.91 Å². The summed E-state index contributed by atoms with van der Waals surface area (Å²) in [4.78, 5) is 14.5. The van der Waals surface area contributed by atoms with Crippen LogP contribution in [0.3, 0.4) is 0 Å². The predicted octanol–water partition coefficient (Wildman–Crippen LogP) is 2.84. The zero-order chi connectivity index (χ0) is 18.1. The fraction of sp³-hybridized carbons (Fsp3) is 0.619. The van der Waals surface area contributed by atoms with Gasteiger partial charge in [-0.2, -0.15) is 5.10 Å². The number of hydrogen-bond donors (Lipinski definition) is 1. The topological polar surface area (TPSA) is 57.8 Å². The molecule has 26 heavy (non-hydrogen) atoms. The summed E-state index contributed by atoms with van der Waals surface area (Å²) in [5.74, 6) is 1.47. The lowest BCUT2D eigenvalue weighted by Gasteiger charge is -2.61. The number of nitrogens with zero attached hydrogens (tertiary/aromatic N) is 3. The molecule has 5 heteroatoms. The molecule has 0 aromatic carbocycles. The molecule has 2 aromatic heterocycles. The van der Waals surface area contributed by atoms with Gasteiger partial charge < -0.3 is 10.0 Å². The van der Waals surface area contributed by atoms with E-state index in [2.05, 4.69) is 34.7 Å². The third-order valence-electron chi connectivity index (χ3n) is 7.10. The van der Waals surface area contributed by atoms with Gasteiger partial charge >= 0.3 is 0 Å². The van der Waals surface area contributed by atoms with Crippen LogP contribution in [0.15, 0.2) is 30.5 Å². The summed E-state index contributed by atoms with van der Waals surface area (Å²) >= 11 is 0. The van der Waals surface area contributed by atoms with E-state index < -0.39 is 5.60 Å². The van der Waals surface area contributed by atoms with Crippen molar-refractivity contribution in [3.63, 3.8) is 0 Å². The smallest absolute Gasteiger partial charge is 0.225 e. The number of carbonyl (C=O) groups excluding carboxylic acids is 1. The molecule has 2 aliphatic carbocycles. The van der Waals surface area contributed by atoms with Gasteiger partial charge in [0.25, 0.3) is 0 Å². The average Bonchev–Trinajstić information content (AvgIpc) is 2.97. The van der Waals surface area contributed by atoms with Gasteiger partial charge in [-0.15, -0.1) is 0 Å². The normalized spacial score (nSPS) is 31.3. The van der Waals surface area contributed by atoms with Crippen molar-refractivity contribution in [2.75, 3.05) is 13.1 Å². The maximum absolute atomic E-state index is 12.5. The predicted molar refractivity (Wildman–Crippen MR) is 98.7 cm³/mol. The van der Waals surface area contributed by atoms with E-state index in [9.17, 15) is 9.90 Å². The van der Waals surface area contributed by atoms with Gasteiger partial charge in [0, 0.05) is 42.2 Å². The Morgan fingerprint density at radius 3 is 2.65 bits per heavy atom. The van der Waals surface area contributed by atoms with Crippen LogP contribution in [0.4, 0.5) is 0 Å². The average molecular weight is 353 g/mol. The van der Waals surface area contributed by atoms with Gasteiger partial charge in [0.1, 0.15) is 0 Å². The number of likely N-dealkylation sites (tertiary alicyclic amines) is 1. The first kappa shape index (κ1) is 16.3. The summed E-state index contributed by atoms with van der Waals surface area (Å²) in [5, 5.41) is 14.3. The van der Waals surface area contributed by atoms with Gasteiger partial charge in [-0.1, -0.05) is 13.0 Å². The second kappa shape index (κ2) is 5.32. The molecule has 1 spiro atoms. The first-order valence-corrected chi connectivity index (χ1v) is 9.80. The molecule has 1 unspecified atom stereocenters. The molecule has 5 nitrogen and oxygen atoms in total. The molecule has 138 valence electrons. The number of aliphatic hydroxyl groups is 1. The second-order valence-electron chi connectivity index (χ2n) is 9.37. The second-order valence-corrected chi connectivity index (χ2v) is 9.37. The van der Waals surface area contributed by atoms with Crippen LogP contribution in [0.5, 0.6) is 0 Å². The molecule has 1 saturated heterocycles. The molecule has 3 fully saturated rings. The minimum absolute atomic E-state index is 0.0505. The third kappa shape index (κ3) is 2.40. The standard InChI is InChI=1S/C21H27N3O2/c1-14(18-5-3-4-17-6-7-22-24(17)18)15-10-21(11-15)12-23(13-21)19(25)16-8-20(2,26)9-16/h3-7,14-16,26H,8-13H2,1-2H3/t14?,16-,20+.